The third kappa shape index (κ3) is 2.07. The molecule has 1 saturated carbocycles. The van der Waals surface area contributed by atoms with Gasteiger partial charge in [-0.3, -0.25) is 4.79 Å². The second-order valence-electron chi connectivity index (χ2n) is 3.53. The number of hydrogen-bond donors (Lipinski definition) is 1. The van der Waals surface area contributed by atoms with E-state index < -0.39 is 0 Å². The summed E-state index contributed by atoms with van der Waals surface area (Å²) in [6, 6.07) is 2.03. The molecule has 0 radical (unpaired) electrons. The number of nitrogens with zero attached hydrogens (tertiary/aromatic N) is 2. The van der Waals surface area contributed by atoms with E-state index in [2.05, 4.69) is 15.3 Å². The molecule has 1 heterocycles. The lowest BCUT2D eigenvalue weighted by Crippen LogP contribution is -2.33. The summed E-state index contributed by atoms with van der Waals surface area (Å²) in [5.74, 6) is 0.108. The lowest BCUT2D eigenvalue weighted by molar-refractivity contribution is 0.0927. The first-order valence-electron chi connectivity index (χ1n) is 4.94. The largest absolute Gasteiger partial charge is 0.347 e. The third-order valence-corrected chi connectivity index (χ3v) is 2.46. The van der Waals surface area contributed by atoms with Crippen molar-refractivity contribution >= 4 is 5.91 Å². The first kappa shape index (κ1) is 9.12. The molecule has 1 amide bonds. The summed E-state index contributed by atoms with van der Waals surface area (Å²) in [4.78, 5) is 19.4. The molecule has 1 aromatic rings. The van der Waals surface area contributed by atoms with Crippen LogP contribution >= 0.6 is 0 Å². The molecule has 0 spiro atoms. The number of rotatable bonds is 2. The van der Waals surface area contributed by atoms with E-state index in [1.165, 1.54) is 12.8 Å². The van der Waals surface area contributed by atoms with Crippen LogP contribution in [0.3, 0.4) is 0 Å². The van der Waals surface area contributed by atoms with Gasteiger partial charge in [-0.15, -0.1) is 0 Å². The fraction of sp³-hybridized carbons (Fsp3) is 0.500. The lowest BCUT2D eigenvalue weighted by Gasteiger charge is -2.10. The Labute approximate surface area is 82.8 Å². The highest BCUT2D eigenvalue weighted by molar-refractivity contribution is 5.90. The average Bonchev–Trinajstić information content (AvgIpc) is 2.72. The fourth-order valence-corrected chi connectivity index (χ4v) is 1.74. The molecule has 14 heavy (non-hydrogen) atoms. The maximum Gasteiger partial charge on any atom is 0.289 e. The van der Waals surface area contributed by atoms with Crippen LogP contribution in [0.25, 0.3) is 0 Å². The molecule has 1 fully saturated rings. The minimum Gasteiger partial charge on any atom is -0.347 e. The highest BCUT2D eigenvalue weighted by Gasteiger charge is 2.18. The maximum absolute atomic E-state index is 11.6. The van der Waals surface area contributed by atoms with Gasteiger partial charge in [-0.1, -0.05) is 12.8 Å². The van der Waals surface area contributed by atoms with Crippen LogP contribution in [-0.2, 0) is 0 Å². The Hall–Kier alpha value is -1.45. The average molecular weight is 191 g/mol. The van der Waals surface area contributed by atoms with Crippen LogP contribution in [0.5, 0.6) is 0 Å². The van der Waals surface area contributed by atoms with Gasteiger partial charge in [-0.25, -0.2) is 9.97 Å². The zero-order valence-corrected chi connectivity index (χ0v) is 7.94. The van der Waals surface area contributed by atoms with Gasteiger partial charge in [-0.2, -0.15) is 0 Å². The monoisotopic (exact) mass is 191 g/mol. The molecule has 0 unspecified atom stereocenters. The van der Waals surface area contributed by atoms with Crippen molar-refractivity contribution in [3.05, 3.63) is 24.3 Å². The maximum atomic E-state index is 11.6. The zero-order chi connectivity index (χ0) is 9.80. The van der Waals surface area contributed by atoms with Gasteiger partial charge < -0.3 is 5.32 Å². The van der Waals surface area contributed by atoms with Crippen molar-refractivity contribution in [2.75, 3.05) is 0 Å². The topological polar surface area (TPSA) is 54.9 Å². The molecule has 1 aliphatic rings. The highest BCUT2D eigenvalue weighted by Crippen LogP contribution is 2.17. The standard InChI is InChI=1S/C10H13N3O/c14-10(9-11-6-3-7-12-9)13-8-4-1-2-5-8/h3,6-8H,1-2,4-5H2,(H,13,14). The van der Waals surface area contributed by atoms with Gasteiger partial charge >= 0.3 is 0 Å². The predicted octanol–water partition coefficient (Wildman–Crippen LogP) is 1.15. The second-order valence-corrected chi connectivity index (χ2v) is 3.53. The first-order valence-corrected chi connectivity index (χ1v) is 4.94. The summed E-state index contributed by atoms with van der Waals surface area (Å²) in [7, 11) is 0. The Bertz CT molecular complexity index is 306. The molecule has 4 heteroatoms. The number of amides is 1. The van der Waals surface area contributed by atoms with E-state index in [4.69, 9.17) is 0 Å². The molecule has 0 aliphatic heterocycles. The van der Waals surface area contributed by atoms with Gasteiger partial charge in [0.1, 0.15) is 0 Å². The zero-order valence-electron chi connectivity index (χ0n) is 7.94. The fourth-order valence-electron chi connectivity index (χ4n) is 1.74. The predicted molar refractivity (Wildman–Crippen MR) is 51.8 cm³/mol. The summed E-state index contributed by atoms with van der Waals surface area (Å²) >= 11 is 0. The summed E-state index contributed by atoms with van der Waals surface area (Å²) in [5, 5.41) is 2.93. The number of carbonyl (C=O) groups excluding carboxylic acids is 1. The molecule has 0 saturated heterocycles. The van der Waals surface area contributed by atoms with E-state index in [1.807, 2.05) is 0 Å². The van der Waals surface area contributed by atoms with Crippen LogP contribution in [0.1, 0.15) is 36.3 Å². The van der Waals surface area contributed by atoms with Crippen molar-refractivity contribution in [3.63, 3.8) is 0 Å². The molecule has 1 N–H and O–H groups in total. The van der Waals surface area contributed by atoms with E-state index in [1.54, 1.807) is 18.5 Å². The number of aromatic nitrogens is 2. The van der Waals surface area contributed by atoms with Crippen molar-refractivity contribution in [2.24, 2.45) is 0 Å². The van der Waals surface area contributed by atoms with E-state index in [0.29, 0.717) is 6.04 Å². The van der Waals surface area contributed by atoms with Gasteiger partial charge in [0, 0.05) is 18.4 Å². The van der Waals surface area contributed by atoms with E-state index in [9.17, 15) is 4.79 Å². The van der Waals surface area contributed by atoms with Crippen molar-refractivity contribution in [1.82, 2.24) is 15.3 Å². The summed E-state index contributed by atoms with van der Waals surface area (Å²) in [6.07, 6.45) is 7.74. The third-order valence-electron chi connectivity index (χ3n) is 2.46. The number of hydrogen-bond acceptors (Lipinski definition) is 3. The van der Waals surface area contributed by atoms with Gasteiger partial charge in [0.25, 0.3) is 5.91 Å². The molecular formula is C10H13N3O. The molecule has 1 aliphatic carbocycles. The first-order chi connectivity index (χ1) is 6.86. The quantitative estimate of drug-likeness (QED) is 0.762. The van der Waals surface area contributed by atoms with Crippen LogP contribution in [0.2, 0.25) is 0 Å². The van der Waals surface area contributed by atoms with Crippen LogP contribution < -0.4 is 5.32 Å². The number of nitrogens with one attached hydrogen (secondary N) is 1. The van der Waals surface area contributed by atoms with Crippen molar-refractivity contribution in [1.29, 1.82) is 0 Å². The van der Waals surface area contributed by atoms with Crippen molar-refractivity contribution in [2.45, 2.75) is 31.7 Å². The van der Waals surface area contributed by atoms with E-state index in [0.717, 1.165) is 12.8 Å². The van der Waals surface area contributed by atoms with E-state index >= 15 is 0 Å². The van der Waals surface area contributed by atoms with Gasteiger partial charge in [0.2, 0.25) is 5.82 Å². The molecule has 4 nitrogen and oxygen atoms in total. The van der Waals surface area contributed by atoms with E-state index in [-0.39, 0.29) is 11.7 Å². The second kappa shape index (κ2) is 4.17. The Morgan fingerprint density at radius 1 is 1.29 bits per heavy atom. The van der Waals surface area contributed by atoms with Gasteiger partial charge in [0.05, 0.1) is 0 Å². The van der Waals surface area contributed by atoms with Gasteiger partial charge in [0.15, 0.2) is 0 Å². The molecule has 2 rings (SSSR count). The van der Waals surface area contributed by atoms with Crippen molar-refractivity contribution < 1.29 is 4.79 Å². The molecular weight excluding hydrogens is 178 g/mol. The van der Waals surface area contributed by atoms with Gasteiger partial charge in [-0.05, 0) is 18.9 Å². The molecule has 0 aromatic carbocycles. The summed E-state index contributed by atoms with van der Waals surface area (Å²) in [6.45, 7) is 0. The highest BCUT2D eigenvalue weighted by atomic mass is 16.2. The Balaban J connectivity index is 1.95. The van der Waals surface area contributed by atoms with Crippen LogP contribution in [0, 0.1) is 0 Å². The summed E-state index contributed by atoms with van der Waals surface area (Å²) in [5.41, 5.74) is 0. The Morgan fingerprint density at radius 2 is 1.93 bits per heavy atom. The minimum absolute atomic E-state index is 0.155. The molecule has 74 valence electrons. The van der Waals surface area contributed by atoms with Crippen molar-refractivity contribution in [3.8, 4) is 0 Å². The lowest BCUT2D eigenvalue weighted by atomic mass is 10.2. The smallest absolute Gasteiger partial charge is 0.289 e. The normalized spacial score (nSPS) is 16.9. The minimum atomic E-state index is -0.155. The van der Waals surface area contributed by atoms with Crippen LogP contribution in [0.15, 0.2) is 18.5 Å². The molecule has 0 bridgehead atoms. The Morgan fingerprint density at radius 3 is 2.57 bits per heavy atom. The molecule has 0 atom stereocenters. The molecule has 1 aromatic heterocycles. The van der Waals surface area contributed by atoms with Crippen LogP contribution in [-0.4, -0.2) is 21.9 Å². The summed E-state index contributed by atoms with van der Waals surface area (Å²) < 4.78 is 0. The number of carbonyl (C=O) groups is 1. The Kier molecular flexibility index (Phi) is 2.72. The SMILES string of the molecule is O=C(NC1CCCC1)c1ncccn1. The van der Waals surface area contributed by atoms with Crippen LogP contribution in [0.4, 0.5) is 0 Å².